The Morgan fingerprint density at radius 1 is 1.24 bits per heavy atom. The van der Waals surface area contributed by atoms with Crippen molar-refractivity contribution in [2.75, 3.05) is 13.2 Å². The second-order valence-corrected chi connectivity index (χ2v) is 5.26. The molecule has 0 saturated carbocycles. The van der Waals surface area contributed by atoms with E-state index in [9.17, 15) is 0 Å². The van der Waals surface area contributed by atoms with E-state index in [1.165, 1.54) is 11.1 Å². The minimum Gasteiger partial charge on any atom is -0.494 e. The number of nitrogens with one attached hydrogen (secondary N) is 1. The molecule has 1 heterocycles. The molecule has 1 unspecified atom stereocenters. The second-order valence-electron chi connectivity index (χ2n) is 5.26. The van der Waals surface area contributed by atoms with E-state index in [4.69, 9.17) is 4.74 Å². The summed E-state index contributed by atoms with van der Waals surface area (Å²) in [6.45, 7) is 6.02. The first kappa shape index (κ1) is 15.6. The molecule has 1 atom stereocenters. The number of ether oxygens (including phenoxy) is 1. The minimum absolute atomic E-state index is 0.156. The second kappa shape index (κ2) is 7.84. The van der Waals surface area contributed by atoms with Gasteiger partial charge in [0.1, 0.15) is 5.75 Å². The first-order valence-corrected chi connectivity index (χ1v) is 7.69. The molecule has 0 spiro atoms. The van der Waals surface area contributed by atoms with E-state index in [0.717, 1.165) is 31.7 Å². The standard InChI is InChI=1S/C17H25N3O/c1-4-9-18-17(15-12-19-20(3)13-15)14-7-6-8-16(11-14)21-10-5-2/h6-8,11-13,17-18H,4-5,9-10H2,1-3H3. The van der Waals surface area contributed by atoms with Crippen LogP contribution in [0.15, 0.2) is 36.7 Å². The molecular formula is C17H25N3O. The fourth-order valence-electron chi connectivity index (χ4n) is 2.31. The minimum atomic E-state index is 0.156. The summed E-state index contributed by atoms with van der Waals surface area (Å²) in [5.74, 6) is 0.932. The molecule has 0 fully saturated rings. The van der Waals surface area contributed by atoms with Crippen LogP contribution in [0, 0.1) is 0 Å². The largest absolute Gasteiger partial charge is 0.494 e. The SMILES string of the molecule is CCCNC(c1cccc(OCCC)c1)c1cnn(C)c1. The predicted molar refractivity (Wildman–Crippen MR) is 85.6 cm³/mol. The quantitative estimate of drug-likeness (QED) is 0.809. The van der Waals surface area contributed by atoms with Gasteiger partial charge in [-0.15, -0.1) is 0 Å². The van der Waals surface area contributed by atoms with E-state index in [-0.39, 0.29) is 6.04 Å². The Balaban J connectivity index is 2.23. The first-order chi connectivity index (χ1) is 10.2. The first-order valence-electron chi connectivity index (χ1n) is 7.69. The van der Waals surface area contributed by atoms with Gasteiger partial charge in [0.05, 0.1) is 18.8 Å². The van der Waals surface area contributed by atoms with Crippen molar-refractivity contribution in [3.8, 4) is 5.75 Å². The third-order valence-electron chi connectivity index (χ3n) is 3.32. The van der Waals surface area contributed by atoms with E-state index in [1.54, 1.807) is 0 Å². The molecule has 114 valence electrons. The van der Waals surface area contributed by atoms with Crippen LogP contribution in [0.25, 0.3) is 0 Å². The van der Waals surface area contributed by atoms with Crippen molar-refractivity contribution >= 4 is 0 Å². The molecule has 0 amide bonds. The Morgan fingerprint density at radius 2 is 2.10 bits per heavy atom. The number of hydrogen-bond acceptors (Lipinski definition) is 3. The summed E-state index contributed by atoms with van der Waals surface area (Å²) in [6, 6.07) is 8.48. The van der Waals surface area contributed by atoms with Gasteiger partial charge in [-0.1, -0.05) is 26.0 Å². The summed E-state index contributed by atoms with van der Waals surface area (Å²) >= 11 is 0. The molecule has 1 aromatic carbocycles. The zero-order valence-electron chi connectivity index (χ0n) is 13.2. The smallest absolute Gasteiger partial charge is 0.119 e. The van der Waals surface area contributed by atoms with Crippen LogP contribution in [0.2, 0.25) is 0 Å². The van der Waals surface area contributed by atoms with Crippen molar-refractivity contribution < 1.29 is 4.74 Å². The van der Waals surface area contributed by atoms with Crippen LogP contribution in [0.5, 0.6) is 5.75 Å². The molecule has 1 aromatic heterocycles. The Labute approximate surface area is 127 Å². The summed E-state index contributed by atoms with van der Waals surface area (Å²) in [7, 11) is 1.95. The van der Waals surface area contributed by atoms with Crippen molar-refractivity contribution in [3.05, 3.63) is 47.8 Å². The molecule has 0 radical (unpaired) electrons. The zero-order chi connectivity index (χ0) is 15.1. The third kappa shape index (κ3) is 4.33. The average molecular weight is 287 g/mol. The summed E-state index contributed by atoms with van der Waals surface area (Å²) in [5, 5.41) is 7.88. The van der Waals surface area contributed by atoms with Crippen LogP contribution in [-0.4, -0.2) is 22.9 Å². The lowest BCUT2D eigenvalue weighted by molar-refractivity contribution is 0.317. The van der Waals surface area contributed by atoms with Crippen LogP contribution in [0.1, 0.15) is 43.9 Å². The molecule has 2 aromatic rings. The normalized spacial score (nSPS) is 12.3. The molecular weight excluding hydrogens is 262 g/mol. The van der Waals surface area contributed by atoms with Gasteiger partial charge in [-0.05, 0) is 37.1 Å². The highest BCUT2D eigenvalue weighted by molar-refractivity contribution is 5.35. The van der Waals surface area contributed by atoms with Crippen LogP contribution >= 0.6 is 0 Å². The van der Waals surface area contributed by atoms with Crippen molar-refractivity contribution in [2.45, 2.75) is 32.7 Å². The summed E-state index contributed by atoms with van der Waals surface area (Å²) < 4.78 is 7.58. The molecule has 0 saturated heterocycles. The predicted octanol–water partition coefficient (Wildman–Crippen LogP) is 3.30. The highest BCUT2D eigenvalue weighted by Crippen LogP contribution is 2.25. The Kier molecular flexibility index (Phi) is 5.81. The Bertz CT molecular complexity index is 550. The molecule has 4 heteroatoms. The number of aryl methyl sites for hydroxylation is 1. The van der Waals surface area contributed by atoms with Gasteiger partial charge in [0.2, 0.25) is 0 Å². The van der Waals surface area contributed by atoms with Crippen LogP contribution in [0.3, 0.4) is 0 Å². The van der Waals surface area contributed by atoms with Gasteiger partial charge in [-0.25, -0.2) is 0 Å². The van der Waals surface area contributed by atoms with Crippen LogP contribution < -0.4 is 10.1 Å². The highest BCUT2D eigenvalue weighted by Gasteiger charge is 2.15. The molecule has 0 aliphatic heterocycles. The van der Waals surface area contributed by atoms with Gasteiger partial charge >= 0.3 is 0 Å². The van der Waals surface area contributed by atoms with Gasteiger partial charge in [0.15, 0.2) is 0 Å². The number of benzene rings is 1. The van der Waals surface area contributed by atoms with Crippen molar-refractivity contribution in [2.24, 2.45) is 7.05 Å². The van der Waals surface area contributed by atoms with Gasteiger partial charge in [-0.2, -0.15) is 5.10 Å². The molecule has 0 aliphatic carbocycles. The maximum atomic E-state index is 5.74. The van der Waals surface area contributed by atoms with Crippen molar-refractivity contribution in [3.63, 3.8) is 0 Å². The number of hydrogen-bond donors (Lipinski definition) is 1. The Morgan fingerprint density at radius 3 is 2.76 bits per heavy atom. The van der Waals surface area contributed by atoms with Gasteiger partial charge in [0, 0.05) is 18.8 Å². The molecule has 4 nitrogen and oxygen atoms in total. The van der Waals surface area contributed by atoms with E-state index in [1.807, 2.05) is 24.0 Å². The number of aromatic nitrogens is 2. The van der Waals surface area contributed by atoms with E-state index in [0.29, 0.717) is 0 Å². The molecule has 0 aliphatic rings. The summed E-state index contributed by atoms with van der Waals surface area (Å²) in [4.78, 5) is 0. The number of rotatable bonds is 8. The monoisotopic (exact) mass is 287 g/mol. The Hall–Kier alpha value is -1.81. The maximum absolute atomic E-state index is 5.74. The van der Waals surface area contributed by atoms with Crippen LogP contribution in [-0.2, 0) is 7.05 Å². The lowest BCUT2D eigenvalue weighted by Crippen LogP contribution is -2.22. The molecule has 1 N–H and O–H groups in total. The van der Waals surface area contributed by atoms with Crippen LogP contribution in [0.4, 0.5) is 0 Å². The fraction of sp³-hybridized carbons (Fsp3) is 0.471. The van der Waals surface area contributed by atoms with Gasteiger partial charge < -0.3 is 10.1 Å². The summed E-state index contributed by atoms with van der Waals surface area (Å²) in [5.41, 5.74) is 2.39. The van der Waals surface area contributed by atoms with Gasteiger partial charge in [-0.3, -0.25) is 4.68 Å². The average Bonchev–Trinajstić information content (AvgIpc) is 2.92. The van der Waals surface area contributed by atoms with E-state index in [2.05, 4.69) is 48.7 Å². The summed E-state index contributed by atoms with van der Waals surface area (Å²) in [6.07, 6.45) is 6.10. The number of nitrogens with zero attached hydrogens (tertiary/aromatic N) is 2. The topological polar surface area (TPSA) is 39.1 Å². The highest BCUT2D eigenvalue weighted by atomic mass is 16.5. The molecule has 21 heavy (non-hydrogen) atoms. The van der Waals surface area contributed by atoms with Crippen molar-refractivity contribution in [1.82, 2.24) is 15.1 Å². The van der Waals surface area contributed by atoms with E-state index >= 15 is 0 Å². The van der Waals surface area contributed by atoms with Crippen molar-refractivity contribution in [1.29, 1.82) is 0 Å². The fourth-order valence-corrected chi connectivity index (χ4v) is 2.31. The van der Waals surface area contributed by atoms with E-state index < -0.39 is 0 Å². The molecule has 2 rings (SSSR count). The molecule has 0 bridgehead atoms. The lowest BCUT2D eigenvalue weighted by Gasteiger charge is -2.18. The maximum Gasteiger partial charge on any atom is 0.119 e. The lowest BCUT2D eigenvalue weighted by atomic mass is 10.0. The van der Waals surface area contributed by atoms with Gasteiger partial charge in [0.25, 0.3) is 0 Å². The zero-order valence-corrected chi connectivity index (χ0v) is 13.2. The third-order valence-corrected chi connectivity index (χ3v) is 3.32.